The van der Waals surface area contributed by atoms with E-state index in [0.717, 1.165) is 32.9 Å². The minimum absolute atomic E-state index is 0.00163. The first-order chi connectivity index (χ1) is 27.6. The topological polar surface area (TPSA) is 211 Å². The predicted octanol–water partition coefficient (Wildman–Crippen LogP) is 3.20. The van der Waals surface area contributed by atoms with E-state index >= 15 is 0 Å². The highest BCUT2D eigenvalue weighted by molar-refractivity contribution is 7.80. The van der Waals surface area contributed by atoms with Crippen molar-refractivity contribution < 1.29 is 29.1 Å². The number of rotatable bonds is 18. The van der Waals surface area contributed by atoms with Crippen molar-refractivity contribution in [3.8, 4) is 0 Å². The van der Waals surface area contributed by atoms with E-state index in [9.17, 15) is 29.1 Å². The lowest BCUT2D eigenvalue weighted by molar-refractivity contribution is -0.142. The van der Waals surface area contributed by atoms with Crippen molar-refractivity contribution in [2.75, 3.05) is 5.75 Å². The fourth-order valence-electron chi connectivity index (χ4n) is 6.76. The van der Waals surface area contributed by atoms with Crippen LogP contribution >= 0.6 is 12.6 Å². The first-order valence-electron chi connectivity index (χ1n) is 18.6. The molecule has 0 bridgehead atoms. The summed E-state index contributed by atoms with van der Waals surface area (Å²) in [7, 11) is 0. The van der Waals surface area contributed by atoms with Crippen LogP contribution in [0.5, 0.6) is 0 Å². The van der Waals surface area contributed by atoms with Crippen molar-refractivity contribution in [1.82, 2.24) is 31.2 Å². The molecule has 5 atom stereocenters. The molecule has 294 valence electrons. The van der Waals surface area contributed by atoms with Crippen molar-refractivity contribution in [3.05, 3.63) is 144 Å². The molecule has 0 aliphatic rings. The van der Waals surface area contributed by atoms with Crippen LogP contribution in [0.15, 0.2) is 122 Å². The van der Waals surface area contributed by atoms with Crippen LogP contribution in [0.2, 0.25) is 0 Å². The highest BCUT2D eigenvalue weighted by Gasteiger charge is 2.32. The molecule has 9 N–H and O–H groups in total. The SMILES string of the molecule is N[C@H](Cc1ccccc1)C(=O)N[C@@H](CS)C(=O)N[C@@H](Cc1ccccc1)C(=O)N[C@@H](Cc1c[nH]c2ccccc12)C(=O)N[C@H](Cc1c[nH]c2ccccc12)C(=O)O. The number of nitrogens with one attached hydrogen (secondary N) is 6. The molecule has 0 aliphatic carbocycles. The van der Waals surface area contributed by atoms with Crippen molar-refractivity contribution in [2.45, 2.75) is 55.9 Å². The number of hydrogen-bond donors (Lipinski definition) is 9. The minimum Gasteiger partial charge on any atom is -0.480 e. The number of nitrogens with two attached hydrogens (primary N) is 1. The summed E-state index contributed by atoms with van der Waals surface area (Å²) in [5.74, 6) is -3.99. The molecule has 13 nitrogen and oxygen atoms in total. The maximum absolute atomic E-state index is 14.3. The molecule has 6 rings (SSSR count). The molecule has 0 saturated carbocycles. The monoisotopic (exact) mass is 787 g/mol. The van der Waals surface area contributed by atoms with E-state index < -0.39 is 59.8 Å². The Labute approximate surface area is 334 Å². The molecule has 0 saturated heterocycles. The largest absolute Gasteiger partial charge is 0.480 e. The summed E-state index contributed by atoms with van der Waals surface area (Å²) in [4.78, 5) is 74.1. The summed E-state index contributed by atoms with van der Waals surface area (Å²) in [6, 6.07) is 27.3. The highest BCUT2D eigenvalue weighted by Crippen LogP contribution is 2.21. The smallest absolute Gasteiger partial charge is 0.326 e. The number of aromatic nitrogens is 2. The zero-order valence-corrected chi connectivity index (χ0v) is 31.9. The van der Waals surface area contributed by atoms with Gasteiger partial charge in [-0.1, -0.05) is 97.1 Å². The average Bonchev–Trinajstić information content (AvgIpc) is 3.83. The highest BCUT2D eigenvalue weighted by atomic mass is 32.1. The van der Waals surface area contributed by atoms with Gasteiger partial charge in [-0.2, -0.15) is 12.6 Å². The molecule has 0 radical (unpaired) electrons. The summed E-state index contributed by atoms with van der Waals surface area (Å²) >= 11 is 4.31. The lowest BCUT2D eigenvalue weighted by atomic mass is 10.0. The van der Waals surface area contributed by atoms with E-state index in [4.69, 9.17) is 5.73 Å². The van der Waals surface area contributed by atoms with Gasteiger partial charge in [-0.15, -0.1) is 0 Å². The number of carbonyl (C=O) groups excluding carboxylic acids is 4. The summed E-state index contributed by atoms with van der Waals surface area (Å²) in [6.07, 6.45) is 3.73. The Morgan fingerprint density at radius 1 is 0.526 bits per heavy atom. The van der Waals surface area contributed by atoms with Crippen LogP contribution in [0.25, 0.3) is 21.8 Å². The van der Waals surface area contributed by atoms with Crippen LogP contribution < -0.4 is 27.0 Å². The molecule has 0 aliphatic heterocycles. The number of carboxylic acid groups (broad SMARTS) is 1. The standard InChI is InChI=1S/C43H45N7O6S/c44-32(19-26-11-3-1-4-12-26)39(51)50-38(25-57)42(54)47-35(20-27-13-5-2-6-14-27)40(52)48-36(21-28-23-45-33-17-9-7-15-30(28)33)41(53)49-37(43(55)56)22-29-24-46-34-18-10-8-16-31(29)34/h1-18,23-24,32,35-38,45-46,57H,19-22,25,44H2,(H,47,54)(H,48,52)(H,49,53)(H,50,51)(H,55,56)/t32-,35+,36+,37-,38+/m1/s1. The van der Waals surface area contributed by atoms with Crippen LogP contribution in [-0.4, -0.2) is 80.6 Å². The fraction of sp³-hybridized carbons (Fsp3) is 0.233. The quantitative estimate of drug-likeness (QED) is 0.0594. The number of hydrogen-bond acceptors (Lipinski definition) is 7. The Morgan fingerprint density at radius 3 is 1.44 bits per heavy atom. The Bertz CT molecular complexity index is 2330. The minimum atomic E-state index is -1.33. The first kappa shape index (κ1) is 40.3. The molecular formula is C43H45N7O6S. The number of aliphatic carboxylic acids is 1. The fourth-order valence-corrected chi connectivity index (χ4v) is 7.02. The van der Waals surface area contributed by atoms with Gasteiger partial charge in [0.1, 0.15) is 24.2 Å². The van der Waals surface area contributed by atoms with Gasteiger partial charge in [0, 0.05) is 59.2 Å². The number of thiol groups is 1. The van der Waals surface area contributed by atoms with Crippen molar-refractivity contribution in [2.24, 2.45) is 5.73 Å². The van der Waals surface area contributed by atoms with Gasteiger partial charge in [0.25, 0.3) is 0 Å². The second kappa shape index (κ2) is 19.0. The lowest BCUT2D eigenvalue weighted by Crippen LogP contribution is -2.59. The number of carbonyl (C=O) groups is 5. The normalized spacial score (nSPS) is 13.9. The number of fused-ring (bicyclic) bond motifs is 2. The second-order valence-corrected chi connectivity index (χ2v) is 14.2. The molecular weight excluding hydrogens is 743 g/mol. The van der Waals surface area contributed by atoms with Gasteiger partial charge in [0.05, 0.1) is 6.04 Å². The van der Waals surface area contributed by atoms with Crippen molar-refractivity contribution in [3.63, 3.8) is 0 Å². The average molecular weight is 788 g/mol. The Hall–Kier alpha value is -6.38. The van der Waals surface area contributed by atoms with Crippen LogP contribution in [0.4, 0.5) is 0 Å². The van der Waals surface area contributed by atoms with E-state index in [1.807, 2.05) is 84.9 Å². The molecule has 4 aromatic carbocycles. The Balaban J connectivity index is 1.22. The zero-order chi connectivity index (χ0) is 40.3. The molecule has 4 amide bonds. The summed E-state index contributed by atoms with van der Waals surface area (Å²) in [5.41, 5.74) is 10.8. The zero-order valence-electron chi connectivity index (χ0n) is 31.0. The van der Waals surface area contributed by atoms with Gasteiger partial charge in [-0.3, -0.25) is 19.2 Å². The van der Waals surface area contributed by atoms with Crippen LogP contribution in [-0.2, 0) is 49.7 Å². The van der Waals surface area contributed by atoms with Gasteiger partial charge in [0.15, 0.2) is 0 Å². The predicted molar refractivity (Wildman–Crippen MR) is 221 cm³/mol. The molecule has 2 aromatic heterocycles. The van der Waals surface area contributed by atoms with E-state index in [1.54, 1.807) is 36.7 Å². The van der Waals surface area contributed by atoms with E-state index in [-0.39, 0.29) is 31.4 Å². The molecule has 0 spiro atoms. The summed E-state index contributed by atoms with van der Waals surface area (Å²) in [5, 5.41) is 22.8. The van der Waals surface area contributed by atoms with Crippen LogP contribution in [0.3, 0.4) is 0 Å². The summed E-state index contributed by atoms with van der Waals surface area (Å²) in [6.45, 7) is 0. The first-order valence-corrected chi connectivity index (χ1v) is 19.2. The molecule has 0 fully saturated rings. The van der Waals surface area contributed by atoms with Gasteiger partial charge in [0.2, 0.25) is 23.6 Å². The third-order valence-electron chi connectivity index (χ3n) is 9.81. The molecule has 14 heteroatoms. The van der Waals surface area contributed by atoms with Crippen LogP contribution in [0, 0.1) is 0 Å². The van der Waals surface area contributed by atoms with Gasteiger partial charge >= 0.3 is 5.97 Å². The number of amides is 4. The summed E-state index contributed by atoms with van der Waals surface area (Å²) < 4.78 is 0. The third-order valence-corrected chi connectivity index (χ3v) is 10.2. The van der Waals surface area contributed by atoms with E-state index in [1.165, 1.54) is 0 Å². The number of benzene rings is 4. The number of H-pyrrole nitrogens is 2. The molecule has 6 aromatic rings. The van der Waals surface area contributed by atoms with E-state index in [2.05, 4.69) is 43.9 Å². The maximum Gasteiger partial charge on any atom is 0.326 e. The number of para-hydroxylation sites is 2. The Morgan fingerprint density at radius 2 is 0.930 bits per heavy atom. The lowest BCUT2D eigenvalue weighted by Gasteiger charge is -2.26. The molecule has 0 unspecified atom stereocenters. The third kappa shape index (κ3) is 10.5. The maximum atomic E-state index is 14.3. The van der Waals surface area contributed by atoms with Gasteiger partial charge in [-0.25, -0.2) is 4.79 Å². The number of aromatic amines is 2. The second-order valence-electron chi connectivity index (χ2n) is 13.9. The molecule has 57 heavy (non-hydrogen) atoms. The van der Waals surface area contributed by atoms with Crippen molar-refractivity contribution in [1.29, 1.82) is 0 Å². The number of carboxylic acids is 1. The Kier molecular flexibility index (Phi) is 13.4. The van der Waals surface area contributed by atoms with Gasteiger partial charge in [-0.05, 0) is 40.8 Å². The van der Waals surface area contributed by atoms with Gasteiger partial charge < -0.3 is 42.1 Å². The molecule has 2 heterocycles. The van der Waals surface area contributed by atoms with E-state index in [0.29, 0.717) is 11.1 Å². The van der Waals surface area contributed by atoms with Crippen LogP contribution in [0.1, 0.15) is 22.3 Å². The van der Waals surface area contributed by atoms with Crippen molar-refractivity contribution >= 4 is 64.0 Å².